The van der Waals surface area contributed by atoms with Gasteiger partial charge in [-0.2, -0.15) is 13.2 Å². The molecule has 0 bridgehead atoms. The van der Waals surface area contributed by atoms with Crippen LogP contribution in [0.25, 0.3) is 0 Å². The van der Waals surface area contributed by atoms with E-state index in [2.05, 4.69) is 0 Å². The van der Waals surface area contributed by atoms with Crippen molar-refractivity contribution >= 4 is 0 Å². The molecule has 1 N–H and O–H groups in total. The highest BCUT2D eigenvalue weighted by Crippen LogP contribution is 2.32. The summed E-state index contributed by atoms with van der Waals surface area (Å²) in [7, 11) is 0. The highest BCUT2D eigenvalue weighted by atomic mass is 19.4. The Kier molecular flexibility index (Phi) is 3.97. The van der Waals surface area contributed by atoms with Crippen molar-refractivity contribution in [1.82, 2.24) is 0 Å². The van der Waals surface area contributed by atoms with Gasteiger partial charge >= 0.3 is 6.18 Å². The Morgan fingerprint density at radius 2 is 1.62 bits per heavy atom. The molecule has 0 spiro atoms. The second-order valence-corrected chi connectivity index (χ2v) is 4.28. The summed E-state index contributed by atoms with van der Waals surface area (Å²) in [5.74, 6) is 0.457. The molecule has 0 aliphatic carbocycles. The molecular weight excluding hydrogens is 217 g/mol. The summed E-state index contributed by atoms with van der Waals surface area (Å²) < 4.78 is 36.6. The molecule has 0 saturated heterocycles. The molecule has 1 aromatic carbocycles. The van der Waals surface area contributed by atoms with Gasteiger partial charge in [0.15, 0.2) is 6.10 Å². The summed E-state index contributed by atoms with van der Waals surface area (Å²) in [5.41, 5.74) is 0.869. The zero-order valence-electron chi connectivity index (χ0n) is 9.25. The normalized spacial score (nSPS) is 14.2. The molecule has 0 amide bonds. The van der Waals surface area contributed by atoms with Crippen molar-refractivity contribution in [2.24, 2.45) is 5.92 Å². The average molecular weight is 232 g/mol. The Bertz CT molecular complexity index is 327. The predicted molar refractivity (Wildman–Crippen MR) is 56.0 cm³/mol. The van der Waals surface area contributed by atoms with Crippen molar-refractivity contribution in [2.45, 2.75) is 32.5 Å². The van der Waals surface area contributed by atoms with E-state index in [-0.39, 0.29) is 5.56 Å². The van der Waals surface area contributed by atoms with E-state index >= 15 is 0 Å². The zero-order chi connectivity index (χ0) is 12.3. The molecule has 0 fully saturated rings. The zero-order valence-corrected chi connectivity index (χ0v) is 9.25. The second-order valence-electron chi connectivity index (χ2n) is 4.28. The minimum Gasteiger partial charge on any atom is -0.379 e. The van der Waals surface area contributed by atoms with Gasteiger partial charge in [-0.25, -0.2) is 0 Å². The number of rotatable bonds is 3. The average Bonchev–Trinajstić information content (AvgIpc) is 2.15. The van der Waals surface area contributed by atoms with E-state index in [1.807, 2.05) is 13.8 Å². The van der Waals surface area contributed by atoms with Crippen molar-refractivity contribution in [3.05, 3.63) is 35.4 Å². The molecule has 0 heterocycles. The van der Waals surface area contributed by atoms with E-state index in [9.17, 15) is 13.2 Å². The summed E-state index contributed by atoms with van der Waals surface area (Å²) in [6.07, 6.45) is -6.16. The Morgan fingerprint density at radius 3 is 2.00 bits per heavy atom. The molecule has 1 aromatic rings. The Labute approximate surface area is 92.9 Å². The molecular formula is C12H15F3O. The van der Waals surface area contributed by atoms with Gasteiger partial charge in [0, 0.05) is 0 Å². The van der Waals surface area contributed by atoms with E-state index in [1.54, 1.807) is 12.1 Å². The first-order valence-corrected chi connectivity index (χ1v) is 5.14. The number of hydrogen-bond donors (Lipinski definition) is 1. The number of halogens is 3. The van der Waals surface area contributed by atoms with Gasteiger partial charge in [-0.1, -0.05) is 38.1 Å². The molecule has 0 aromatic heterocycles. The molecule has 0 aliphatic heterocycles. The van der Waals surface area contributed by atoms with Gasteiger partial charge in [-0.3, -0.25) is 0 Å². The Morgan fingerprint density at radius 1 is 1.12 bits per heavy atom. The van der Waals surface area contributed by atoms with Gasteiger partial charge in [0.1, 0.15) is 0 Å². The second kappa shape index (κ2) is 4.87. The van der Waals surface area contributed by atoms with Crippen molar-refractivity contribution in [1.29, 1.82) is 0 Å². The Hall–Kier alpha value is -1.03. The molecule has 4 heteroatoms. The minimum absolute atomic E-state index is 0.111. The lowest BCUT2D eigenvalue weighted by molar-refractivity contribution is -0.206. The number of aliphatic hydroxyl groups excluding tert-OH is 1. The monoisotopic (exact) mass is 232 g/mol. The van der Waals surface area contributed by atoms with Crippen molar-refractivity contribution in [2.75, 3.05) is 0 Å². The van der Waals surface area contributed by atoms with Gasteiger partial charge < -0.3 is 5.11 Å². The van der Waals surface area contributed by atoms with Crippen LogP contribution in [0.4, 0.5) is 13.2 Å². The lowest BCUT2D eigenvalue weighted by Gasteiger charge is -2.15. The summed E-state index contributed by atoms with van der Waals surface area (Å²) in [6.45, 7) is 4.08. The molecule has 0 unspecified atom stereocenters. The fourth-order valence-electron chi connectivity index (χ4n) is 1.50. The van der Waals surface area contributed by atoms with Crippen molar-refractivity contribution in [3.63, 3.8) is 0 Å². The van der Waals surface area contributed by atoms with E-state index in [4.69, 9.17) is 5.11 Å². The summed E-state index contributed by atoms with van der Waals surface area (Å²) >= 11 is 0. The molecule has 0 saturated carbocycles. The van der Waals surface area contributed by atoms with Crippen LogP contribution in [-0.4, -0.2) is 11.3 Å². The number of benzene rings is 1. The molecule has 16 heavy (non-hydrogen) atoms. The third kappa shape index (κ3) is 3.52. The fraction of sp³-hybridized carbons (Fsp3) is 0.500. The smallest absolute Gasteiger partial charge is 0.379 e. The van der Waals surface area contributed by atoms with Gasteiger partial charge in [-0.15, -0.1) is 0 Å². The molecule has 1 rings (SSSR count). The van der Waals surface area contributed by atoms with Crippen LogP contribution in [0.3, 0.4) is 0 Å². The first-order valence-electron chi connectivity index (χ1n) is 5.14. The summed E-state index contributed by atoms with van der Waals surface area (Å²) in [6, 6.07) is 5.92. The predicted octanol–water partition coefficient (Wildman–Crippen LogP) is 3.48. The lowest BCUT2D eigenvalue weighted by atomic mass is 10.0. The van der Waals surface area contributed by atoms with Crippen LogP contribution < -0.4 is 0 Å². The third-order valence-corrected chi connectivity index (χ3v) is 2.25. The third-order valence-electron chi connectivity index (χ3n) is 2.25. The maximum Gasteiger partial charge on any atom is 0.418 e. The van der Waals surface area contributed by atoms with E-state index in [0.29, 0.717) is 5.92 Å². The maximum absolute atomic E-state index is 12.2. The van der Waals surface area contributed by atoms with Crippen LogP contribution in [0.5, 0.6) is 0 Å². The van der Waals surface area contributed by atoms with E-state index < -0.39 is 12.3 Å². The first kappa shape index (κ1) is 13.0. The van der Waals surface area contributed by atoms with Crippen LogP contribution in [0.15, 0.2) is 24.3 Å². The molecule has 1 atom stereocenters. The molecule has 0 radical (unpaired) electrons. The van der Waals surface area contributed by atoms with Crippen molar-refractivity contribution < 1.29 is 18.3 Å². The van der Waals surface area contributed by atoms with Crippen LogP contribution in [-0.2, 0) is 6.42 Å². The lowest BCUT2D eigenvalue weighted by Crippen LogP contribution is -2.20. The van der Waals surface area contributed by atoms with Gasteiger partial charge in [-0.05, 0) is 23.5 Å². The summed E-state index contributed by atoms with van der Waals surface area (Å²) in [5, 5.41) is 9.00. The van der Waals surface area contributed by atoms with Crippen molar-refractivity contribution in [3.8, 4) is 0 Å². The standard InChI is InChI=1S/C12H15F3O/c1-8(2)7-9-3-5-10(6-4-9)11(16)12(13,14)15/h3-6,8,11,16H,7H2,1-2H3/t11-/m0/s1. The Balaban J connectivity index is 2.79. The molecule has 0 aliphatic rings. The van der Waals surface area contributed by atoms with Gasteiger partial charge in [0.2, 0.25) is 0 Å². The highest BCUT2D eigenvalue weighted by Gasteiger charge is 2.39. The highest BCUT2D eigenvalue weighted by molar-refractivity contribution is 5.25. The number of alkyl halides is 3. The largest absolute Gasteiger partial charge is 0.418 e. The van der Waals surface area contributed by atoms with Crippen LogP contribution in [0, 0.1) is 5.92 Å². The van der Waals surface area contributed by atoms with Gasteiger partial charge in [0.05, 0.1) is 0 Å². The fourth-order valence-corrected chi connectivity index (χ4v) is 1.50. The van der Waals surface area contributed by atoms with Crippen LogP contribution in [0.1, 0.15) is 31.1 Å². The van der Waals surface area contributed by atoms with Crippen LogP contribution in [0.2, 0.25) is 0 Å². The quantitative estimate of drug-likeness (QED) is 0.845. The topological polar surface area (TPSA) is 20.2 Å². The van der Waals surface area contributed by atoms with Crippen LogP contribution >= 0.6 is 0 Å². The van der Waals surface area contributed by atoms with E-state index in [0.717, 1.165) is 12.0 Å². The number of hydrogen-bond acceptors (Lipinski definition) is 1. The van der Waals surface area contributed by atoms with Gasteiger partial charge in [0.25, 0.3) is 0 Å². The molecule has 1 nitrogen and oxygen atoms in total. The maximum atomic E-state index is 12.2. The summed E-state index contributed by atoms with van der Waals surface area (Å²) in [4.78, 5) is 0. The van der Waals surface area contributed by atoms with E-state index in [1.165, 1.54) is 12.1 Å². The SMILES string of the molecule is CC(C)Cc1ccc([C@H](O)C(F)(F)F)cc1. The first-order chi connectivity index (χ1) is 7.30. The molecule has 90 valence electrons. The number of aliphatic hydroxyl groups is 1. The minimum atomic E-state index is -4.60.